The first-order chi connectivity index (χ1) is 14.1. The summed E-state index contributed by atoms with van der Waals surface area (Å²) in [5.74, 6) is -1.74. The molecule has 0 unspecified atom stereocenters. The van der Waals surface area contributed by atoms with Crippen molar-refractivity contribution in [3.05, 3.63) is 72.2 Å². The molecule has 0 atom stereocenters. The number of benzene rings is 2. The summed E-state index contributed by atoms with van der Waals surface area (Å²) in [6.45, 7) is 2.17. The third-order valence-corrected chi connectivity index (χ3v) is 4.67. The Labute approximate surface area is 166 Å². The van der Waals surface area contributed by atoms with Crippen LogP contribution in [0.25, 0.3) is 0 Å². The molecule has 1 fully saturated rings. The molecule has 1 aliphatic heterocycles. The number of nitrogens with one attached hydrogen (secondary N) is 2. The van der Waals surface area contributed by atoms with Gasteiger partial charge < -0.3 is 15.5 Å². The van der Waals surface area contributed by atoms with Crippen LogP contribution in [0.15, 0.2) is 54.9 Å². The average Bonchev–Trinajstić information content (AvgIpc) is 3.26. The molecule has 0 aliphatic carbocycles. The Kier molecular flexibility index (Phi) is 5.33. The highest BCUT2D eigenvalue weighted by molar-refractivity contribution is 6.02. The molecule has 1 aliphatic rings. The van der Waals surface area contributed by atoms with Gasteiger partial charge in [0.1, 0.15) is 23.1 Å². The number of rotatable bonds is 5. The average molecular weight is 395 g/mol. The van der Waals surface area contributed by atoms with E-state index in [0.29, 0.717) is 11.9 Å². The first-order valence-electron chi connectivity index (χ1n) is 9.29. The van der Waals surface area contributed by atoms with Crippen LogP contribution >= 0.6 is 0 Å². The van der Waals surface area contributed by atoms with Crippen LogP contribution in [0.3, 0.4) is 0 Å². The Hall–Kier alpha value is -3.55. The summed E-state index contributed by atoms with van der Waals surface area (Å²) >= 11 is 0. The van der Waals surface area contributed by atoms with Crippen molar-refractivity contribution < 1.29 is 13.6 Å². The monoisotopic (exact) mass is 395 g/mol. The molecular weight excluding hydrogens is 376 g/mol. The Morgan fingerprint density at radius 2 is 1.72 bits per heavy atom. The highest BCUT2D eigenvalue weighted by atomic mass is 19.1. The Balaban J connectivity index is 1.39. The zero-order valence-corrected chi connectivity index (χ0v) is 15.5. The zero-order valence-electron chi connectivity index (χ0n) is 15.5. The lowest BCUT2D eigenvalue weighted by molar-refractivity contribution is 0.102. The molecule has 0 radical (unpaired) electrons. The molecule has 0 saturated carbocycles. The fourth-order valence-corrected chi connectivity index (χ4v) is 3.17. The SMILES string of the molecule is O=C(Nc1ccc(F)cc1F)c1cnc(Nc2ccc(N3CCCC3)cc2)cn1. The van der Waals surface area contributed by atoms with Gasteiger partial charge in [0.25, 0.3) is 5.91 Å². The fraction of sp³-hybridized carbons (Fsp3) is 0.190. The van der Waals surface area contributed by atoms with Gasteiger partial charge in [0.15, 0.2) is 0 Å². The van der Waals surface area contributed by atoms with E-state index in [-0.39, 0.29) is 11.4 Å². The molecule has 1 saturated heterocycles. The second kappa shape index (κ2) is 8.22. The van der Waals surface area contributed by atoms with Gasteiger partial charge in [-0.1, -0.05) is 0 Å². The van der Waals surface area contributed by atoms with Crippen LogP contribution in [0.4, 0.5) is 31.7 Å². The van der Waals surface area contributed by atoms with E-state index in [0.717, 1.165) is 30.9 Å². The number of hydrogen-bond donors (Lipinski definition) is 2. The minimum Gasteiger partial charge on any atom is -0.372 e. The molecule has 1 aromatic heterocycles. The van der Waals surface area contributed by atoms with Crippen LogP contribution in [0.1, 0.15) is 23.3 Å². The predicted octanol–water partition coefficient (Wildman–Crippen LogP) is 4.35. The van der Waals surface area contributed by atoms with Gasteiger partial charge in [-0.15, -0.1) is 0 Å². The van der Waals surface area contributed by atoms with Gasteiger partial charge in [-0.2, -0.15) is 0 Å². The third kappa shape index (κ3) is 4.48. The van der Waals surface area contributed by atoms with Crippen LogP contribution in [-0.2, 0) is 0 Å². The van der Waals surface area contributed by atoms with Gasteiger partial charge in [0, 0.05) is 30.5 Å². The van der Waals surface area contributed by atoms with E-state index >= 15 is 0 Å². The van der Waals surface area contributed by atoms with E-state index in [9.17, 15) is 13.6 Å². The second-order valence-electron chi connectivity index (χ2n) is 6.73. The molecule has 4 rings (SSSR count). The molecule has 8 heteroatoms. The van der Waals surface area contributed by atoms with Crippen molar-refractivity contribution in [3.8, 4) is 0 Å². The van der Waals surface area contributed by atoms with Gasteiger partial charge in [-0.05, 0) is 49.2 Å². The molecule has 0 spiro atoms. The maximum absolute atomic E-state index is 13.7. The van der Waals surface area contributed by atoms with Crippen molar-refractivity contribution in [3.63, 3.8) is 0 Å². The molecule has 2 N–H and O–H groups in total. The normalized spacial score (nSPS) is 13.4. The lowest BCUT2D eigenvalue weighted by Gasteiger charge is -2.17. The van der Waals surface area contributed by atoms with Crippen molar-refractivity contribution in [1.29, 1.82) is 0 Å². The molecule has 29 heavy (non-hydrogen) atoms. The summed E-state index contributed by atoms with van der Waals surface area (Å²) in [6, 6.07) is 11.0. The van der Waals surface area contributed by atoms with Crippen LogP contribution in [0, 0.1) is 11.6 Å². The number of carbonyl (C=O) groups is 1. The van der Waals surface area contributed by atoms with E-state index in [1.54, 1.807) is 0 Å². The molecule has 2 aromatic carbocycles. The van der Waals surface area contributed by atoms with E-state index < -0.39 is 17.5 Å². The number of amides is 1. The van der Waals surface area contributed by atoms with Crippen molar-refractivity contribution in [2.24, 2.45) is 0 Å². The van der Waals surface area contributed by atoms with Crippen molar-refractivity contribution in [2.45, 2.75) is 12.8 Å². The number of aromatic nitrogens is 2. The molecule has 3 aromatic rings. The Morgan fingerprint density at radius 3 is 2.38 bits per heavy atom. The first-order valence-corrected chi connectivity index (χ1v) is 9.29. The smallest absolute Gasteiger partial charge is 0.275 e. The van der Waals surface area contributed by atoms with Crippen LogP contribution in [0.5, 0.6) is 0 Å². The first kappa shape index (κ1) is 18.8. The van der Waals surface area contributed by atoms with Crippen LogP contribution in [0.2, 0.25) is 0 Å². The zero-order chi connectivity index (χ0) is 20.2. The standard InChI is InChI=1S/C21H19F2N5O/c22-14-3-8-18(17(23)11-14)27-21(29)19-12-25-20(13-24-19)26-15-4-6-16(7-5-15)28-9-1-2-10-28/h3-8,11-13H,1-2,9-10H2,(H,25,26)(H,27,29). The molecule has 2 heterocycles. The highest BCUT2D eigenvalue weighted by Crippen LogP contribution is 2.23. The molecular formula is C21H19F2N5O. The van der Waals surface area contributed by atoms with Crippen LogP contribution in [-0.4, -0.2) is 29.0 Å². The van der Waals surface area contributed by atoms with Gasteiger partial charge >= 0.3 is 0 Å². The quantitative estimate of drug-likeness (QED) is 0.672. The van der Waals surface area contributed by atoms with E-state index in [2.05, 4.69) is 37.6 Å². The molecule has 148 valence electrons. The largest absolute Gasteiger partial charge is 0.372 e. The number of nitrogens with zero attached hydrogens (tertiary/aromatic N) is 3. The lowest BCUT2D eigenvalue weighted by Crippen LogP contribution is -2.17. The topological polar surface area (TPSA) is 70.2 Å². The molecule has 6 nitrogen and oxygen atoms in total. The number of anilines is 4. The Morgan fingerprint density at radius 1 is 0.966 bits per heavy atom. The summed E-state index contributed by atoms with van der Waals surface area (Å²) < 4.78 is 26.6. The van der Waals surface area contributed by atoms with Crippen molar-refractivity contribution in [1.82, 2.24) is 9.97 Å². The van der Waals surface area contributed by atoms with E-state index in [1.165, 1.54) is 30.9 Å². The number of hydrogen-bond acceptors (Lipinski definition) is 5. The van der Waals surface area contributed by atoms with Gasteiger partial charge in [0.2, 0.25) is 0 Å². The van der Waals surface area contributed by atoms with Gasteiger partial charge in [0.05, 0.1) is 18.1 Å². The lowest BCUT2D eigenvalue weighted by atomic mass is 10.2. The fourth-order valence-electron chi connectivity index (χ4n) is 3.17. The third-order valence-electron chi connectivity index (χ3n) is 4.67. The van der Waals surface area contributed by atoms with E-state index in [4.69, 9.17) is 0 Å². The van der Waals surface area contributed by atoms with Gasteiger partial charge in [-0.25, -0.2) is 18.7 Å². The number of halogens is 2. The summed E-state index contributed by atoms with van der Waals surface area (Å²) in [5, 5.41) is 5.48. The predicted molar refractivity (Wildman–Crippen MR) is 108 cm³/mol. The van der Waals surface area contributed by atoms with Gasteiger partial charge in [-0.3, -0.25) is 4.79 Å². The summed E-state index contributed by atoms with van der Waals surface area (Å²) in [4.78, 5) is 22.8. The van der Waals surface area contributed by atoms with E-state index in [1.807, 2.05) is 12.1 Å². The van der Waals surface area contributed by atoms with Crippen molar-refractivity contribution >= 4 is 28.8 Å². The Bertz CT molecular complexity index is 1000. The number of carbonyl (C=O) groups excluding carboxylic acids is 1. The minimum absolute atomic E-state index is 0.0173. The highest BCUT2D eigenvalue weighted by Gasteiger charge is 2.13. The summed E-state index contributed by atoms with van der Waals surface area (Å²) in [6.07, 6.45) is 5.16. The minimum atomic E-state index is -0.859. The molecule has 0 bridgehead atoms. The molecule has 1 amide bonds. The van der Waals surface area contributed by atoms with Crippen LogP contribution < -0.4 is 15.5 Å². The maximum atomic E-state index is 13.7. The maximum Gasteiger partial charge on any atom is 0.275 e. The van der Waals surface area contributed by atoms with Crippen molar-refractivity contribution in [2.75, 3.05) is 28.6 Å². The summed E-state index contributed by atoms with van der Waals surface area (Å²) in [7, 11) is 0. The second-order valence-corrected chi connectivity index (χ2v) is 6.73. The summed E-state index contributed by atoms with van der Waals surface area (Å²) in [5.41, 5.74) is 1.94.